The molecule has 0 saturated heterocycles. The Hall–Kier alpha value is -2.21. The molecule has 8 nitrogen and oxygen atoms in total. The summed E-state index contributed by atoms with van der Waals surface area (Å²) in [7, 11) is -12.3. The van der Waals surface area contributed by atoms with Crippen LogP contribution >= 0.6 is 42.3 Å². The topological polar surface area (TPSA) is 157 Å². The van der Waals surface area contributed by atoms with E-state index in [1.165, 1.54) is 11.8 Å². The normalized spacial score (nSPS) is 13.0. The molecule has 44 heavy (non-hydrogen) atoms. The minimum absolute atomic E-state index is 0.518. The van der Waals surface area contributed by atoms with Crippen molar-refractivity contribution in [2.45, 2.75) is 31.4 Å². The van der Waals surface area contributed by atoms with Crippen LogP contribution in [-0.4, -0.2) is 0 Å². The van der Waals surface area contributed by atoms with Crippen molar-refractivity contribution in [3.63, 3.8) is 0 Å². The number of halogens is 3. The first-order valence-corrected chi connectivity index (χ1v) is 20.6. The third kappa shape index (κ3) is 8.13. The van der Waals surface area contributed by atoms with Crippen molar-refractivity contribution in [1.82, 2.24) is 0 Å². The molecule has 230 valence electrons. The molecule has 0 aliphatic heterocycles. The third-order valence-electron chi connectivity index (χ3n) is 6.12. The summed E-state index contributed by atoms with van der Waals surface area (Å²) in [6.07, 6.45) is 0. The van der Waals surface area contributed by atoms with E-state index in [1.54, 1.807) is 97.1 Å². The van der Waals surface area contributed by atoms with Crippen molar-refractivity contribution < 1.29 is 54.8 Å². The minimum atomic E-state index is -4.79. The first kappa shape index (κ1) is 33.2. The molecule has 0 unspecified atom stereocenters. The van der Waals surface area contributed by atoms with Gasteiger partial charge in [0.25, 0.3) is 0 Å². The quantitative estimate of drug-likeness (QED) is 0.184. The van der Waals surface area contributed by atoms with Gasteiger partial charge in [-0.05, 0) is 0 Å². The molecule has 0 aliphatic rings. The first-order valence-electron chi connectivity index (χ1n) is 12.7. The fourth-order valence-electron chi connectivity index (χ4n) is 4.31. The molecule has 5 aromatic rings. The summed E-state index contributed by atoms with van der Waals surface area (Å²) in [5.41, 5.74) is 0.840. The van der Waals surface area contributed by atoms with Gasteiger partial charge in [0.05, 0.1) is 0 Å². The van der Waals surface area contributed by atoms with Crippen molar-refractivity contribution in [2.75, 3.05) is 0 Å². The molecule has 0 atom stereocenters. The Morgan fingerprint density at radius 2 is 1.00 bits per heavy atom. The Balaban J connectivity index is 1.45. The molecular formula is C31H25Cl2IO8S2. The van der Waals surface area contributed by atoms with Crippen molar-refractivity contribution in [3.8, 4) is 0 Å². The number of hydrogen-bond acceptors (Lipinski definition) is 9. The molecule has 0 aromatic heterocycles. The van der Waals surface area contributed by atoms with Gasteiger partial charge in [-0.1, -0.05) is 36.4 Å². The average Bonchev–Trinajstić information content (AvgIpc) is 3.00. The maximum absolute atomic E-state index is 12.1. The number of hydrogen-bond donors (Lipinski definition) is 0. The molecule has 0 aliphatic carbocycles. The fraction of sp³-hybridized carbons (Fsp3) is 0.0323. The van der Waals surface area contributed by atoms with Crippen LogP contribution in [0.15, 0.2) is 158 Å². The van der Waals surface area contributed by atoms with Gasteiger partial charge in [-0.3, -0.25) is 0 Å². The average molecular weight is 787 g/mol. The molecule has 0 saturated carbocycles. The van der Waals surface area contributed by atoms with E-state index in [1.807, 2.05) is 43.3 Å². The zero-order chi connectivity index (χ0) is 31.4. The molecule has 5 rings (SSSR count). The van der Waals surface area contributed by atoms with Gasteiger partial charge in [-0.25, -0.2) is 0 Å². The van der Waals surface area contributed by atoms with E-state index in [4.69, 9.17) is 6.35 Å². The Labute approximate surface area is 272 Å². The second-order valence-corrected chi connectivity index (χ2v) is 19.7. The molecular weight excluding hydrogens is 762 g/mol. The molecule has 0 bridgehead atoms. The van der Waals surface area contributed by atoms with Crippen LogP contribution < -0.4 is 28.0 Å². The summed E-state index contributed by atoms with van der Waals surface area (Å²) in [6, 6.07) is 39.1. The van der Waals surface area contributed by atoms with Crippen LogP contribution in [0.1, 0.15) is 5.56 Å². The van der Waals surface area contributed by atoms with Crippen LogP contribution in [0.25, 0.3) is 0 Å². The monoisotopic (exact) mass is 786 g/mol. The van der Waals surface area contributed by atoms with E-state index >= 15 is 0 Å². The van der Waals surface area contributed by atoms with Gasteiger partial charge in [0.2, 0.25) is 0 Å². The van der Waals surface area contributed by atoms with Crippen LogP contribution in [0.4, 0.5) is 0 Å². The molecule has 0 amide bonds. The molecule has 0 N–H and O–H groups in total. The molecule has 0 heterocycles. The second-order valence-electron chi connectivity index (χ2n) is 9.08. The van der Waals surface area contributed by atoms with Gasteiger partial charge in [0.1, 0.15) is 0 Å². The molecule has 0 radical (unpaired) electrons. The maximum atomic E-state index is 12.1. The SMILES string of the molecule is Cc1ccccc1I(O[Cl+3]([O-])([O-])[O-])c1ccc(Sc2ccc(S(O[Cl+3]([O-])([O-])[O-])(c3ccccc3)c3ccccc3)cc2)cc1. The van der Waals surface area contributed by atoms with Crippen molar-refractivity contribution >= 4 is 42.3 Å². The van der Waals surface area contributed by atoms with Gasteiger partial charge >= 0.3 is 224 Å². The van der Waals surface area contributed by atoms with Crippen molar-refractivity contribution in [2.24, 2.45) is 0 Å². The zero-order valence-corrected chi connectivity index (χ0v) is 28.2. The predicted octanol–water partition coefficient (Wildman–Crippen LogP) is 2.63. The third-order valence-corrected chi connectivity index (χ3v) is 17.9. The van der Waals surface area contributed by atoms with E-state index in [-0.39, 0.29) is 0 Å². The van der Waals surface area contributed by atoms with E-state index in [2.05, 4.69) is 0 Å². The Morgan fingerprint density at radius 3 is 1.48 bits per heavy atom. The Kier molecular flexibility index (Phi) is 10.6. The number of aryl methyl sites for hydroxylation is 1. The summed E-state index contributed by atoms with van der Waals surface area (Å²) in [4.78, 5) is 3.27. The fourth-order valence-corrected chi connectivity index (χ4v) is 15.1. The van der Waals surface area contributed by atoms with Crippen LogP contribution in [0.5, 0.6) is 0 Å². The summed E-state index contributed by atoms with van der Waals surface area (Å²) < 4.78 is 82.7. The summed E-state index contributed by atoms with van der Waals surface area (Å²) in [6.45, 7) is 1.84. The van der Waals surface area contributed by atoms with Crippen LogP contribution in [-0.2, 0) is 6.35 Å². The van der Waals surface area contributed by atoms with Gasteiger partial charge in [-0.15, -0.1) is 0 Å². The number of rotatable bonds is 11. The second kappa shape index (κ2) is 14.1. The van der Waals surface area contributed by atoms with E-state index in [0.29, 0.717) is 21.8 Å². The standard InChI is InChI=1S/C31H25Cl2IO8S2/c1-24-10-8-9-15-31(24)34(41-32(35,36)37)25-16-18-26(19-17-25)43-27-20-22-30(23-21-27)44(42-33(38,39)40,28-11-4-2-5-12-28)29-13-6-3-7-14-29/h2-23H,1H3. The van der Waals surface area contributed by atoms with E-state index in [0.717, 1.165) is 15.4 Å². The molecule has 0 spiro atoms. The van der Waals surface area contributed by atoms with Crippen LogP contribution in [0.3, 0.4) is 0 Å². The van der Waals surface area contributed by atoms with Gasteiger partial charge in [0, 0.05) is 0 Å². The van der Waals surface area contributed by atoms with Crippen molar-refractivity contribution in [1.29, 1.82) is 0 Å². The van der Waals surface area contributed by atoms with Crippen LogP contribution in [0, 0.1) is 34.6 Å². The van der Waals surface area contributed by atoms with Crippen molar-refractivity contribution in [3.05, 3.63) is 146 Å². The van der Waals surface area contributed by atoms with Crippen LogP contribution in [0.2, 0.25) is 0 Å². The summed E-state index contributed by atoms with van der Waals surface area (Å²) >= 11 is -1.63. The predicted molar refractivity (Wildman–Crippen MR) is 157 cm³/mol. The molecule has 13 heteroatoms. The van der Waals surface area contributed by atoms with E-state index in [9.17, 15) is 28.0 Å². The Bertz CT molecular complexity index is 1630. The zero-order valence-electron chi connectivity index (χ0n) is 22.9. The van der Waals surface area contributed by atoms with E-state index < -0.39 is 51.0 Å². The summed E-state index contributed by atoms with van der Waals surface area (Å²) in [5.74, 6) is 0. The number of benzene rings is 5. The Morgan fingerprint density at radius 1 is 0.545 bits per heavy atom. The first-order chi connectivity index (χ1) is 20.9. The molecule has 5 aromatic carbocycles. The van der Waals surface area contributed by atoms with Gasteiger partial charge in [-0.2, -0.15) is 14.0 Å². The van der Waals surface area contributed by atoms with Gasteiger partial charge < -0.3 is 0 Å². The summed E-state index contributed by atoms with van der Waals surface area (Å²) in [5, 5.41) is 0. The molecule has 0 fully saturated rings. The van der Waals surface area contributed by atoms with Gasteiger partial charge in [0.15, 0.2) is 0 Å².